The summed E-state index contributed by atoms with van der Waals surface area (Å²) in [5.41, 5.74) is 2.53. The summed E-state index contributed by atoms with van der Waals surface area (Å²) in [5.74, 6) is 5.34. The molecule has 0 saturated carbocycles. The minimum absolute atomic E-state index is 0.0152. The molecule has 0 radical (unpaired) electrons. The summed E-state index contributed by atoms with van der Waals surface area (Å²) in [4.78, 5) is 19.5. The third-order valence-electron chi connectivity index (χ3n) is 3.01. The summed E-state index contributed by atoms with van der Waals surface area (Å²) in [6.07, 6.45) is 1.78. The van der Waals surface area contributed by atoms with Gasteiger partial charge >= 0.3 is 0 Å². The van der Waals surface area contributed by atoms with Crippen molar-refractivity contribution in [2.45, 2.75) is 32.5 Å². The number of ether oxygens (including phenoxy) is 1. The number of thiazole rings is 1. The van der Waals surface area contributed by atoms with Gasteiger partial charge in [0.25, 0.3) is 0 Å². The lowest BCUT2D eigenvalue weighted by molar-refractivity contribution is -0.133. The van der Waals surface area contributed by atoms with Gasteiger partial charge in [0.05, 0.1) is 13.2 Å². The third kappa shape index (κ3) is 3.89. The molecule has 1 amide bonds. The topological polar surface area (TPSA) is 92.5 Å². The standard InChI is InChI=1S/C12H21N5O2S/c1-8(2)15-11(18)10-7-19-4-3-17(10)6-9-5-14-12(16-13)20-9/h5,8,10H,3-4,6-7,13H2,1-2H3,(H,14,16)(H,15,18). The number of aromatic nitrogens is 1. The van der Waals surface area contributed by atoms with E-state index in [4.69, 9.17) is 10.6 Å². The minimum Gasteiger partial charge on any atom is -0.378 e. The van der Waals surface area contributed by atoms with Gasteiger partial charge in [-0.3, -0.25) is 15.1 Å². The Morgan fingerprint density at radius 2 is 2.50 bits per heavy atom. The van der Waals surface area contributed by atoms with E-state index in [-0.39, 0.29) is 18.0 Å². The first kappa shape index (κ1) is 15.2. The van der Waals surface area contributed by atoms with E-state index in [1.54, 1.807) is 6.20 Å². The maximum atomic E-state index is 12.2. The van der Waals surface area contributed by atoms with Gasteiger partial charge in [-0.15, -0.1) is 0 Å². The van der Waals surface area contributed by atoms with Gasteiger partial charge in [0.2, 0.25) is 5.91 Å². The number of nitrogens with zero attached hydrogens (tertiary/aromatic N) is 2. The van der Waals surface area contributed by atoms with E-state index >= 15 is 0 Å². The molecule has 1 atom stereocenters. The first-order chi connectivity index (χ1) is 9.60. The molecule has 1 fully saturated rings. The molecule has 1 aromatic heterocycles. The van der Waals surface area contributed by atoms with Crippen LogP contribution in [0.5, 0.6) is 0 Å². The maximum Gasteiger partial charge on any atom is 0.239 e. The van der Waals surface area contributed by atoms with Crippen LogP contribution in [0.1, 0.15) is 18.7 Å². The smallest absolute Gasteiger partial charge is 0.239 e. The molecule has 8 heteroatoms. The maximum absolute atomic E-state index is 12.2. The second kappa shape index (κ2) is 6.98. The predicted molar refractivity (Wildman–Crippen MR) is 78.2 cm³/mol. The molecule has 2 rings (SSSR count). The number of nitrogens with one attached hydrogen (secondary N) is 2. The normalized spacial score (nSPS) is 20.1. The number of morpholine rings is 1. The fourth-order valence-corrected chi connectivity index (χ4v) is 2.85. The third-order valence-corrected chi connectivity index (χ3v) is 3.92. The van der Waals surface area contributed by atoms with Crippen LogP contribution in [0.3, 0.4) is 0 Å². The van der Waals surface area contributed by atoms with E-state index in [1.165, 1.54) is 11.3 Å². The minimum atomic E-state index is -0.248. The molecule has 0 spiro atoms. The molecule has 1 aromatic rings. The molecular formula is C12H21N5O2S. The van der Waals surface area contributed by atoms with Gasteiger partial charge in [-0.05, 0) is 13.8 Å². The number of anilines is 1. The summed E-state index contributed by atoms with van der Waals surface area (Å²) in [6, 6.07) is -0.120. The fourth-order valence-electron chi connectivity index (χ4n) is 2.10. The lowest BCUT2D eigenvalue weighted by atomic mass is 10.2. The van der Waals surface area contributed by atoms with Gasteiger partial charge in [0, 0.05) is 30.2 Å². The van der Waals surface area contributed by atoms with Crippen molar-refractivity contribution >= 4 is 22.4 Å². The highest BCUT2D eigenvalue weighted by molar-refractivity contribution is 7.15. The lowest BCUT2D eigenvalue weighted by Crippen LogP contribution is -2.54. The second-order valence-corrected chi connectivity index (χ2v) is 6.12. The van der Waals surface area contributed by atoms with Crippen LogP contribution in [-0.2, 0) is 16.1 Å². The Hall–Kier alpha value is -1.22. The number of hydrogen-bond acceptors (Lipinski definition) is 7. The van der Waals surface area contributed by atoms with Crippen LogP contribution in [0.4, 0.5) is 5.13 Å². The molecule has 0 aromatic carbocycles. The molecule has 1 saturated heterocycles. The zero-order chi connectivity index (χ0) is 14.5. The Morgan fingerprint density at radius 1 is 1.70 bits per heavy atom. The second-order valence-electron chi connectivity index (χ2n) is 5.00. The average Bonchev–Trinajstić information content (AvgIpc) is 2.86. The molecule has 112 valence electrons. The SMILES string of the molecule is CC(C)NC(=O)C1COCCN1Cc1cnc(NN)s1. The Morgan fingerprint density at radius 3 is 3.15 bits per heavy atom. The number of hydrogen-bond donors (Lipinski definition) is 3. The van der Waals surface area contributed by atoms with E-state index in [9.17, 15) is 4.79 Å². The first-order valence-electron chi connectivity index (χ1n) is 6.63. The molecule has 1 aliphatic rings. The van der Waals surface area contributed by atoms with Crippen LogP contribution in [-0.4, -0.2) is 47.6 Å². The monoisotopic (exact) mass is 299 g/mol. The summed E-state index contributed by atoms with van der Waals surface area (Å²) in [5, 5.41) is 3.62. The average molecular weight is 299 g/mol. The van der Waals surface area contributed by atoms with Crippen molar-refractivity contribution in [1.82, 2.24) is 15.2 Å². The van der Waals surface area contributed by atoms with Crippen molar-refractivity contribution in [3.63, 3.8) is 0 Å². The van der Waals surface area contributed by atoms with Gasteiger partial charge in [-0.25, -0.2) is 10.8 Å². The summed E-state index contributed by atoms with van der Waals surface area (Å²) in [7, 11) is 0. The highest BCUT2D eigenvalue weighted by Crippen LogP contribution is 2.20. The zero-order valence-electron chi connectivity index (χ0n) is 11.8. The number of nitrogen functional groups attached to an aromatic ring is 1. The van der Waals surface area contributed by atoms with Gasteiger partial charge in [-0.2, -0.15) is 0 Å². The Labute approximate surface area is 122 Å². The number of carbonyl (C=O) groups is 1. The van der Waals surface area contributed by atoms with Crippen molar-refractivity contribution in [1.29, 1.82) is 0 Å². The number of hydrazine groups is 1. The Kier molecular flexibility index (Phi) is 5.30. The van der Waals surface area contributed by atoms with Gasteiger partial charge in [0.1, 0.15) is 6.04 Å². The van der Waals surface area contributed by atoms with Crippen molar-refractivity contribution in [2.24, 2.45) is 5.84 Å². The van der Waals surface area contributed by atoms with E-state index in [0.29, 0.717) is 24.9 Å². The molecule has 0 aliphatic carbocycles. The summed E-state index contributed by atoms with van der Waals surface area (Å²) < 4.78 is 5.43. The Balaban J connectivity index is 2.01. The number of amides is 1. The highest BCUT2D eigenvalue weighted by atomic mass is 32.1. The van der Waals surface area contributed by atoms with Gasteiger partial charge in [-0.1, -0.05) is 11.3 Å². The number of nitrogens with two attached hydrogens (primary N) is 1. The van der Waals surface area contributed by atoms with Crippen LogP contribution in [0.25, 0.3) is 0 Å². The molecule has 4 N–H and O–H groups in total. The lowest BCUT2D eigenvalue weighted by Gasteiger charge is -2.34. The van der Waals surface area contributed by atoms with Crippen molar-refractivity contribution in [3.8, 4) is 0 Å². The van der Waals surface area contributed by atoms with Gasteiger partial charge in [0.15, 0.2) is 5.13 Å². The molecule has 0 bridgehead atoms. The molecular weight excluding hydrogens is 278 g/mol. The largest absolute Gasteiger partial charge is 0.378 e. The zero-order valence-corrected chi connectivity index (χ0v) is 12.6. The molecule has 1 aliphatic heterocycles. The van der Waals surface area contributed by atoms with E-state index < -0.39 is 0 Å². The highest BCUT2D eigenvalue weighted by Gasteiger charge is 2.30. The summed E-state index contributed by atoms with van der Waals surface area (Å²) in [6.45, 7) is 6.40. The van der Waals surface area contributed by atoms with Crippen LogP contribution >= 0.6 is 11.3 Å². The Bertz CT molecular complexity index is 451. The molecule has 2 heterocycles. The number of carbonyl (C=O) groups excluding carboxylic acids is 1. The molecule has 20 heavy (non-hydrogen) atoms. The van der Waals surface area contributed by atoms with Crippen molar-refractivity contribution in [2.75, 3.05) is 25.2 Å². The van der Waals surface area contributed by atoms with E-state index in [1.807, 2.05) is 13.8 Å². The molecule has 1 unspecified atom stereocenters. The van der Waals surface area contributed by atoms with Crippen molar-refractivity contribution < 1.29 is 9.53 Å². The van der Waals surface area contributed by atoms with Crippen LogP contribution in [0.15, 0.2) is 6.20 Å². The van der Waals surface area contributed by atoms with E-state index in [2.05, 4.69) is 20.6 Å². The van der Waals surface area contributed by atoms with E-state index in [0.717, 1.165) is 11.4 Å². The fraction of sp³-hybridized carbons (Fsp3) is 0.667. The quantitative estimate of drug-likeness (QED) is 0.529. The summed E-state index contributed by atoms with van der Waals surface area (Å²) >= 11 is 1.49. The van der Waals surface area contributed by atoms with Crippen LogP contribution < -0.4 is 16.6 Å². The van der Waals surface area contributed by atoms with Gasteiger partial charge < -0.3 is 10.1 Å². The van der Waals surface area contributed by atoms with Crippen molar-refractivity contribution in [3.05, 3.63) is 11.1 Å². The number of rotatable bonds is 5. The van der Waals surface area contributed by atoms with Crippen LogP contribution in [0.2, 0.25) is 0 Å². The van der Waals surface area contributed by atoms with Crippen LogP contribution in [0, 0.1) is 0 Å². The predicted octanol–water partition coefficient (Wildman–Crippen LogP) is 0.154. The first-order valence-corrected chi connectivity index (χ1v) is 7.45. The molecule has 7 nitrogen and oxygen atoms in total.